The Morgan fingerprint density at radius 1 is 1.41 bits per heavy atom. The Morgan fingerprint density at radius 3 is 2.59 bits per heavy atom. The molecule has 3 heteroatoms. The van der Waals surface area contributed by atoms with Crippen molar-refractivity contribution >= 4 is 0 Å². The molecule has 17 heavy (non-hydrogen) atoms. The van der Waals surface area contributed by atoms with Crippen LogP contribution in [0.1, 0.15) is 47.0 Å². The van der Waals surface area contributed by atoms with Crippen LogP contribution in [0.15, 0.2) is 0 Å². The largest absolute Gasteiger partial charge is 0.393 e. The van der Waals surface area contributed by atoms with Gasteiger partial charge in [0, 0.05) is 25.7 Å². The molecule has 2 unspecified atom stereocenters. The van der Waals surface area contributed by atoms with E-state index in [9.17, 15) is 5.11 Å². The van der Waals surface area contributed by atoms with E-state index in [1.54, 1.807) is 7.11 Å². The van der Waals surface area contributed by atoms with E-state index in [2.05, 4.69) is 32.6 Å². The van der Waals surface area contributed by atoms with Crippen molar-refractivity contribution in [1.29, 1.82) is 0 Å². The molecular weight excluding hydrogens is 214 g/mol. The second kappa shape index (κ2) is 6.17. The van der Waals surface area contributed by atoms with Crippen LogP contribution in [0.5, 0.6) is 0 Å². The summed E-state index contributed by atoms with van der Waals surface area (Å²) in [5, 5.41) is 9.91. The van der Waals surface area contributed by atoms with Gasteiger partial charge in [-0.15, -0.1) is 0 Å². The monoisotopic (exact) mass is 243 g/mol. The van der Waals surface area contributed by atoms with Gasteiger partial charge in [0.25, 0.3) is 0 Å². The van der Waals surface area contributed by atoms with Crippen LogP contribution in [-0.2, 0) is 4.74 Å². The quantitative estimate of drug-likeness (QED) is 0.804. The number of ether oxygens (including phenoxy) is 1. The zero-order chi connectivity index (χ0) is 13.1. The number of hydrogen-bond acceptors (Lipinski definition) is 3. The molecule has 3 nitrogen and oxygen atoms in total. The van der Waals surface area contributed by atoms with Gasteiger partial charge >= 0.3 is 0 Å². The minimum atomic E-state index is -0.128. The molecule has 0 aromatic rings. The fourth-order valence-electron chi connectivity index (χ4n) is 2.95. The van der Waals surface area contributed by atoms with Crippen molar-refractivity contribution in [1.82, 2.24) is 4.90 Å². The number of aliphatic hydroxyl groups is 1. The summed E-state index contributed by atoms with van der Waals surface area (Å²) in [6.07, 6.45) is 2.82. The first-order chi connectivity index (χ1) is 7.88. The Labute approximate surface area is 106 Å². The number of nitrogens with zero attached hydrogens (tertiary/aromatic N) is 1. The number of hydrogen-bond donors (Lipinski definition) is 1. The van der Waals surface area contributed by atoms with Gasteiger partial charge in [0.05, 0.1) is 12.7 Å². The Hall–Kier alpha value is -0.120. The van der Waals surface area contributed by atoms with Crippen LogP contribution in [0.25, 0.3) is 0 Å². The predicted molar refractivity (Wildman–Crippen MR) is 71.1 cm³/mol. The van der Waals surface area contributed by atoms with Crippen LogP contribution in [-0.4, -0.2) is 48.5 Å². The van der Waals surface area contributed by atoms with Gasteiger partial charge in [-0.2, -0.15) is 0 Å². The summed E-state index contributed by atoms with van der Waals surface area (Å²) >= 11 is 0. The average Bonchev–Trinajstić information content (AvgIpc) is 2.23. The molecule has 0 amide bonds. The lowest BCUT2D eigenvalue weighted by molar-refractivity contribution is -0.0319. The highest BCUT2D eigenvalue weighted by Crippen LogP contribution is 2.39. The maximum atomic E-state index is 9.91. The van der Waals surface area contributed by atoms with Crippen LogP contribution < -0.4 is 0 Å². The van der Waals surface area contributed by atoms with Crippen molar-refractivity contribution in [2.24, 2.45) is 5.41 Å². The van der Waals surface area contributed by atoms with Gasteiger partial charge in [-0.05, 0) is 38.5 Å². The second-order valence-electron chi connectivity index (χ2n) is 6.26. The molecule has 1 aliphatic rings. The standard InChI is InChI=1S/C14H29NO2/c1-11(2)15(8-9-17-5)13-10-12(16)6-7-14(13,3)4/h11-13,16H,6-10H2,1-5H3. The number of methoxy groups -OCH3 is 1. The van der Waals surface area contributed by atoms with Gasteiger partial charge in [-0.3, -0.25) is 4.90 Å². The van der Waals surface area contributed by atoms with Crippen LogP contribution >= 0.6 is 0 Å². The average molecular weight is 243 g/mol. The first-order valence-corrected chi connectivity index (χ1v) is 6.81. The van der Waals surface area contributed by atoms with Gasteiger partial charge < -0.3 is 9.84 Å². The first-order valence-electron chi connectivity index (χ1n) is 6.81. The summed E-state index contributed by atoms with van der Waals surface area (Å²) in [6.45, 7) is 10.8. The van der Waals surface area contributed by atoms with E-state index in [1.807, 2.05) is 0 Å². The van der Waals surface area contributed by atoms with E-state index in [-0.39, 0.29) is 11.5 Å². The smallest absolute Gasteiger partial charge is 0.0589 e. The first kappa shape index (κ1) is 14.9. The molecule has 1 saturated carbocycles. The van der Waals surface area contributed by atoms with Gasteiger partial charge in [0.1, 0.15) is 0 Å². The van der Waals surface area contributed by atoms with E-state index >= 15 is 0 Å². The lowest BCUT2D eigenvalue weighted by atomic mass is 9.71. The molecule has 0 spiro atoms. The van der Waals surface area contributed by atoms with Crippen LogP contribution in [0, 0.1) is 5.41 Å². The van der Waals surface area contributed by atoms with Crippen LogP contribution in [0.3, 0.4) is 0 Å². The Bertz CT molecular complexity index is 228. The van der Waals surface area contributed by atoms with Gasteiger partial charge in [-0.1, -0.05) is 13.8 Å². The van der Waals surface area contributed by atoms with Crippen molar-refractivity contribution < 1.29 is 9.84 Å². The molecule has 0 aromatic carbocycles. The van der Waals surface area contributed by atoms with Crippen LogP contribution in [0.4, 0.5) is 0 Å². The van der Waals surface area contributed by atoms with E-state index in [1.165, 1.54) is 0 Å². The fourth-order valence-corrected chi connectivity index (χ4v) is 2.95. The molecule has 102 valence electrons. The minimum Gasteiger partial charge on any atom is -0.393 e. The fraction of sp³-hybridized carbons (Fsp3) is 1.00. The van der Waals surface area contributed by atoms with Crippen molar-refractivity contribution in [3.63, 3.8) is 0 Å². The Kier molecular flexibility index (Phi) is 5.42. The molecule has 2 atom stereocenters. The minimum absolute atomic E-state index is 0.128. The highest BCUT2D eigenvalue weighted by Gasteiger charge is 2.39. The topological polar surface area (TPSA) is 32.7 Å². The summed E-state index contributed by atoms with van der Waals surface area (Å²) in [5.74, 6) is 0. The molecule has 0 bridgehead atoms. The van der Waals surface area contributed by atoms with Crippen molar-refractivity contribution in [2.75, 3.05) is 20.3 Å². The highest BCUT2D eigenvalue weighted by molar-refractivity contribution is 4.93. The zero-order valence-corrected chi connectivity index (χ0v) is 12.1. The molecule has 0 aromatic heterocycles. The maximum absolute atomic E-state index is 9.91. The second-order valence-corrected chi connectivity index (χ2v) is 6.26. The molecule has 1 N–H and O–H groups in total. The Morgan fingerprint density at radius 2 is 2.06 bits per heavy atom. The van der Waals surface area contributed by atoms with Gasteiger partial charge in [0.15, 0.2) is 0 Å². The van der Waals surface area contributed by atoms with Crippen molar-refractivity contribution in [2.45, 2.75) is 65.1 Å². The molecule has 1 fully saturated rings. The molecule has 0 radical (unpaired) electrons. The van der Waals surface area contributed by atoms with Crippen LogP contribution in [0.2, 0.25) is 0 Å². The summed E-state index contributed by atoms with van der Waals surface area (Å²) in [5.41, 5.74) is 0.289. The Balaban J connectivity index is 2.75. The molecule has 0 saturated heterocycles. The van der Waals surface area contributed by atoms with Gasteiger partial charge in [0.2, 0.25) is 0 Å². The summed E-state index contributed by atoms with van der Waals surface area (Å²) in [6, 6.07) is 0.959. The lowest BCUT2D eigenvalue weighted by Gasteiger charge is -2.48. The van der Waals surface area contributed by atoms with E-state index in [0.717, 1.165) is 32.4 Å². The summed E-state index contributed by atoms with van der Waals surface area (Å²) in [7, 11) is 1.75. The van der Waals surface area contributed by atoms with Gasteiger partial charge in [-0.25, -0.2) is 0 Å². The molecule has 1 aliphatic carbocycles. The van der Waals surface area contributed by atoms with Crippen molar-refractivity contribution in [3.8, 4) is 0 Å². The third-order valence-electron chi connectivity index (χ3n) is 4.14. The zero-order valence-electron chi connectivity index (χ0n) is 12.1. The summed E-state index contributed by atoms with van der Waals surface area (Å²) in [4.78, 5) is 2.49. The number of aliphatic hydroxyl groups excluding tert-OH is 1. The lowest BCUT2D eigenvalue weighted by Crippen LogP contribution is -2.53. The number of rotatable bonds is 5. The SMILES string of the molecule is COCCN(C(C)C)C1CC(O)CCC1(C)C. The molecule has 0 aliphatic heterocycles. The normalized spacial score (nSPS) is 28.9. The van der Waals surface area contributed by atoms with Crippen molar-refractivity contribution in [3.05, 3.63) is 0 Å². The van der Waals surface area contributed by atoms with E-state index < -0.39 is 0 Å². The summed E-state index contributed by atoms with van der Waals surface area (Å²) < 4.78 is 5.20. The molecule has 1 rings (SSSR count). The highest BCUT2D eigenvalue weighted by atomic mass is 16.5. The third-order valence-corrected chi connectivity index (χ3v) is 4.14. The third kappa shape index (κ3) is 3.94. The molecule has 0 heterocycles. The van der Waals surface area contributed by atoms with E-state index in [0.29, 0.717) is 12.1 Å². The predicted octanol–water partition coefficient (Wildman–Crippen LogP) is 2.28. The molecular formula is C14H29NO2. The van der Waals surface area contributed by atoms with E-state index in [4.69, 9.17) is 4.74 Å². The maximum Gasteiger partial charge on any atom is 0.0589 e.